The number of anilines is 3. The summed E-state index contributed by atoms with van der Waals surface area (Å²) in [7, 11) is 18.1. The molecule has 2 amide bonds. The van der Waals surface area contributed by atoms with Crippen LogP contribution in [-0.4, -0.2) is 97.2 Å². The monoisotopic (exact) mass is 524 g/mol. The molecule has 2 fully saturated rings. The maximum Gasteiger partial charge on any atom is 0.272 e. The highest BCUT2D eigenvalue weighted by Crippen LogP contribution is 2.37. The van der Waals surface area contributed by atoms with Gasteiger partial charge >= 0.3 is 0 Å². The number of carbonyl (C=O) groups excluding carboxylic acids is 2. The topological polar surface area (TPSA) is 168 Å². The van der Waals surface area contributed by atoms with E-state index >= 15 is 0 Å². The van der Waals surface area contributed by atoms with Crippen LogP contribution in [0, 0.1) is 5.92 Å². The Bertz CT molecular complexity index is 1390. The van der Waals surface area contributed by atoms with E-state index in [4.69, 9.17) is 32.8 Å². The maximum absolute atomic E-state index is 12.8. The number of nitrogens with zero attached hydrogens (tertiary/aromatic N) is 5. The van der Waals surface area contributed by atoms with Gasteiger partial charge in [-0.3, -0.25) is 14.5 Å². The minimum atomic E-state index is -2.00. The summed E-state index contributed by atoms with van der Waals surface area (Å²) in [6.45, 7) is 1.49. The second kappa shape index (κ2) is 10.7. The molecule has 13 nitrogen and oxygen atoms in total. The van der Waals surface area contributed by atoms with Gasteiger partial charge in [-0.1, -0.05) is 16.5 Å². The molecule has 4 N–H and O–H groups in total. The zero-order valence-electron chi connectivity index (χ0n) is 21.0. The molecule has 1 aromatic carbocycles. The van der Waals surface area contributed by atoms with Crippen molar-refractivity contribution in [1.29, 1.82) is 0 Å². The number of aliphatic hydroxyl groups is 1. The largest absolute Gasteiger partial charge is 0.494 e. The van der Waals surface area contributed by atoms with Crippen molar-refractivity contribution in [1.82, 2.24) is 30.6 Å². The SMILES string of the molecule is [B]C([B])([B])NC(=O)c1nnc(NC(=O)C2CC2)cc1Nc1cccc(-c2noc(CN3CC(O)C3)n2)c1OC. The number of aliphatic hydroxyl groups excluding tert-OH is 1. The summed E-state index contributed by atoms with van der Waals surface area (Å²) in [6.07, 6.45) is 1.26. The van der Waals surface area contributed by atoms with Crippen LogP contribution in [0.4, 0.5) is 17.2 Å². The van der Waals surface area contributed by atoms with Crippen molar-refractivity contribution in [2.75, 3.05) is 30.8 Å². The third kappa shape index (κ3) is 6.40. The lowest BCUT2D eigenvalue weighted by molar-refractivity contribution is -0.117. The average molecular weight is 524 g/mol. The molecule has 1 saturated carbocycles. The number of hydrogen-bond acceptors (Lipinski definition) is 11. The first-order valence-electron chi connectivity index (χ1n) is 12.1. The molecular weight excluding hydrogens is 501 g/mol. The minimum absolute atomic E-state index is 0.0682. The number of rotatable bonds is 10. The molecule has 0 unspecified atom stereocenters. The quantitative estimate of drug-likeness (QED) is 0.256. The average Bonchev–Trinajstić information content (AvgIpc) is 3.61. The van der Waals surface area contributed by atoms with Crippen LogP contribution in [0.15, 0.2) is 28.8 Å². The second-order valence-electron chi connectivity index (χ2n) is 9.51. The van der Waals surface area contributed by atoms with E-state index < -0.39 is 11.1 Å². The van der Waals surface area contributed by atoms with Gasteiger partial charge in [0, 0.05) is 25.1 Å². The minimum Gasteiger partial charge on any atom is -0.494 e. The smallest absolute Gasteiger partial charge is 0.272 e. The van der Waals surface area contributed by atoms with Crippen molar-refractivity contribution in [2.45, 2.75) is 30.7 Å². The number of likely N-dealkylation sites (tertiary alicyclic amines) is 1. The van der Waals surface area contributed by atoms with E-state index in [1.165, 1.54) is 13.2 Å². The van der Waals surface area contributed by atoms with Crippen molar-refractivity contribution in [2.24, 2.45) is 5.92 Å². The number of methoxy groups -OCH3 is 1. The van der Waals surface area contributed by atoms with Gasteiger partial charge in [0.2, 0.25) is 17.6 Å². The molecule has 39 heavy (non-hydrogen) atoms. The Kier molecular flexibility index (Phi) is 7.32. The van der Waals surface area contributed by atoms with Gasteiger partial charge in [0.25, 0.3) is 5.91 Å². The number of aromatic nitrogens is 4. The van der Waals surface area contributed by atoms with Gasteiger partial charge in [-0.05, 0) is 25.0 Å². The predicted molar refractivity (Wildman–Crippen MR) is 142 cm³/mol. The van der Waals surface area contributed by atoms with Crippen LogP contribution in [-0.2, 0) is 11.3 Å². The number of carbonyl (C=O) groups is 2. The summed E-state index contributed by atoms with van der Waals surface area (Å²) in [6, 6.07) is 6.64. The molecule has 0 atom stereocenters. The molecule has 1 saturated heterocycles. The van der Waals surface area contributed by atoms with E-state index in [0.717, 1.165) is 12.8 Å². The maximum atomic E-state index is 12.8. The number of β-amino-alcohol motifs (C(OH)–C–C–N with tert-alkyl or cyclic N) is 1. The highest BCUT2D eigenvalue weighted by molar-refractivity contribution is 6.60. The zero-order valence-corrected chi connectivity index (χ0v) is 21.0. The summed E-state index contributed by atoms with van der Waals surface area (Å²) in [5, 5.41) is 27.5. The van der Waals surface area contributed by atoms with Gasteiger partial charge < -0.3 is 30.3 Å². The Hall–Kier alpha value is -3.91. The molecule has 194 valence electrons. The Morgan fingerprint density at radius 1 is 1.21 bits per heavy atom. The van der Waals surface area contributed by atoms with Crippen molar-refractivity contribution >= 4 is 52.5 Å². The third-order valence-corrected chi connectivity index (χ3v) is 6.03. The highest BCUT2D eigenvalue weighted by atomic mass is 16.5. The number of amides is 2. The summed E-state index contributed by atoms with van der Waals surface area (Å²) in [5.74, 6) is 0.111. The summed E-state index contributed by atoms with van der Waals surface area (Å²) in [5.41, 5.74) is 0.921. The third-order valence-electron chi connectivity index (χ3n) is 6.03. The Balaban J connectivity index is 1.44. The fourth-order valence-electron chi connectivity index (χ4n) is 4.01. The van der Waals surface area contributed by atoms with E-state index in [1.807, 2.05) is 4.90 Å². The van der Waals surface area contributed by atoms with Crippen molar-refractivity contribution in [3.05, 3.63) is 35.9 Å². The van der Waals surface area contributed by atoms with Crippen LogP contribution < -0.4 is 20.7 Å². The summed E-state index contributed by atoms with van der Waals surface area (Å²) >= 11 is 0. The first-order chi connectivity index (χ1) is 18.6. The Morgan fingerprint density at radius 2 is 1.97 bits per heavy atom. The first-order valence-corrected chi connectivity index (χ1v) is 12.1. The van der Waals surface area contributed by atoms with Crippen LogP contribution in [0.25, 0.3) is 11.4 Å². The molecule has 6 radical (unpaired) electrons. The molecular formula is C23H23B3N8O5. The Labute approximate surface area is 227 Å². The molecule has 2 aliphatic rings. The van der Waals surface area contributed by atoms with E-state index in [0.29, 0.717) is 42.5 Å². The molecule has 5 rings (SSSR count). The van der Waals surface area contributed by atoms with E-state index in [1.54, 1.807) is 18.2 Å². The lowest BCUT2D eigenvalue weighted by atomic mass is 9.49. The van der Waals surface area contributed by atoms with Crippen molar-refractivity contribution in [3.8, 4) is 17.1 Å². The molecule has 0 bridgehead atoms. The van der Waals surface area contributed by atoms with Gasteiger partial charge in [-0.15, -0.1) is 10.2 Å². The molecule has 2 aromatic heterocycles. The fourth-order valence-corrected chi connectivity index (χ4v) is 4.01. The van der Waals surface area contributed by atoms with Crippen LogP contribution in [0.1, 0.15) is 29.2 Å². The lowest BCUT2D eigenvalue weighted by Gasteiger charge is -2.34. The van der Waals surface area contributed by atoms with Gasteiger partial charge in [0.1, 0.15) is 0 Å². The molecule has 16 heteroatoms. The number of benzene rings is 1. The van der Waals surface area contributed by atoms with Crippen molar-refractivity contribution in [3.63, 3.8) is 0 Å². The fraction of sp³-hybridized carbons (Fsp3) is 0.391. The molecule has 3 heterocycles. The van der Waals surface area contributed by atoms with Gasteiger partial charge in [-0.25, -0.2) is 0 Å². The first kappa shape index (κ1) is 26.7. The molecule has 0 spiro atoms. The Morgan fingerprint density at radius 3 is 2.64 bits per heavy atom. The second-order valence-corrected chi connectivity index (χ2v) is 9.51. The molecule has 1 aliphatic heterocycles. The number of hydrogen-bond donors (Lipinski definition) is 4. The van der Waals surface area contributed by atoms with Crippen LogP contribution in [0.2, 0.25) is 0 Å². The summed E-state index contributed by atoms with van der Waals surface area (Å²) < 4.78 is 11.0. The lowest BCUT2D eigenvalue weighted by Crippen LogP contribution is -2.50. The van der Waals surface area contributed by atoms with Gasteiger partial charge in [0.05, 0.1) is 60.2 Å². The van der Waals surface area contributed by atoms with Crippen LogP contribution in [0.3, 0.4) is 0 Å². The van der Waals surface area contributed by atoms with Gasteiger partial charge in [0.15, 0.2) is 17.3 Å². The van der Waals surface area contributed by atoms with Crippen LogP contribution in [0.5, 0.6) is 5.75 Å². The normalized spacial score (nSPS) is 15.8. The number of para-hydroxylation sites is 1. The number of nitrogens with one attached hydrogen (secondary N) is 3. The zero-order chi connectivity index (χ0) is 27.7. The van der Waals surface area contributed by atoms with Crippen LogP contribution >= 0.6 is 0 Å². The standard InChI is InChI=1S/C23H23B3N8O5/c1-38-19-13(20-29-17(39-33-20)10-34-8-12(35)9-34)3-2-4-14(19)27-15-7-16(28-21(36)11-5-6-11)31-32-18(15)22(37)30-23(24,25)26/h2-4,7,11-12,35H,5-6,8-10H2,1H3,(H,30,37)(H2,27,28,31,36). The molecule has 1 aliphatic carbocycles. The van der Waals surface area contributed by atoms with Crippen molar-refractivity contribution < 1.29 is 24.0 Å². The summed E-state index contributed by atoms with van der Waals surface area (Å²) in [4.78, 5) is 31.5. The highest BCUT2D eigenvalue weighted by Gasteiger charge is 2.31. The van der Waals surface area contributed by atoms with E-state index in [-0.39, 0.29) is 41.0 Å². The molecule has 3 aromatic rings. The van der Waals surface area contributed by atoms with Gasteiger partial charge in [-0.2, -0.15) is 4.98 Å². The van der Waals surface area contributed by atoms with E-state index in [2.05, 4.69) is 36.3 Å². The van der Waals surface area contributed by atoms with E-state index in [9.17, 15) is 14.7 Å². The predicted octanol–water partition coefficient (Wildman–Crippen LogP) is -0.350. The number of ether oxygens (including phenoxy) is 1.